The number of phenols is 1. The highest BCUT2D eigenvalue weighted by Gasteiger charge is 2.20. The van der Waals surface area contributed by atoms with Crippen LogP contribution in [-0.4, -0.2) is 36.2 Å². The minimum Gasteiger partial charge on any atom is -0.508 e. The summed E-state index contributed by atoms with van der Waals surface area (Å²) in [6, 6.07) is 18.8. The van der Waals surface area contributed by atoms with Crippen LogP contribution < -0.4 is 10.4 Å². The molecule has 1 aliphatic heterocycles. The van der Waals surface area contributed by atoms with Gasteiger partial charge in [-0.2, -0.15) is 0 Å². The molecule has 3 aromatic carbocycles. The van der Waals surface area contributed by atoms with E-state index in [2.05, 4.69) is 4.90 Å². The monoisotopic (exact) mass is 517 g/mol. The third kappa shape index (κ3) is 5.68. The number of fused-ring (bicyclic) bond motifs is 1. The summed E-state index contributed by atoms with van der Waals surface area (Å²) in [6.45, 7) is 5.88. The van der Waals surface area contributed by atoms with Gasteiger partial charge >= 0.3 is 5.63 Å². The second kappa shape index (κ2) is 11.4. The van der Waals surface area contributed by atoms with Crippen LogP contribution in [0.1, 0.15) is 42.9 Å². The van der Waals surface area contributed by atoms with Gasteiger partial charge in [-0.3, -0.25) is 4.90 Å². The molecule has 5 rings (SSSR count). The fourth-order valence-corrected chi connectivity index (χ4v) is 5.32. The molecule has 1 N–H and O–H groups in total. The number of ether oxygens (including phenoxy) is 1. The van der Waals surface area contributed by atoms with Crippen molar-refractivity contribution in [3.8, 4) is 22.6 Å². The van der Waals surface area contributed by atoms with Crippen molar-refractivity contribution in [2.24, 2.45) is 0 Å². The van der Waals surface area contributed by atoms with Crippen molar-refractivity contribution in [3.05, 3.63) is 92.8 Å². The van der Waals surface area contributed by atoms with E-state index in [0.717, 1.165) is 47.5 Å². The average Bonchev–Trinajstić information content (AvgIpc) is 2.91. The summed E-state index contributed by atoms with van der Waals surface area (Å²) in [5, 5.41) is 11.8. The number of aromatic hydroxyl groups is 1. The largest absolute Gasteiger partial charge is 0.508 e. The van der Waals surface area contributed by atoms with Crippen LogP contribution in [0, 0.1) is 0 Å². The Morgan fingerprint density at radius 2 is 1.68 bits per heavy atom. The molecule has 1 fully saturated rings. The Balaban J connectivity index is 1.46. The molecule has 0 spiro atoms. The topological polar surface area (TPSA) is 62.9 Å². The minimum absolute atomic E-state index is 0.134. The van der Waals surface area contributed by atoms with E-state index in [0.29, 0.717) is 41.2 Å². The normalized spacial score (nSPS) is 14.2. The number of hydrogen-bond acceptors (Lipinski definition) is 5. The van der Waals surface area contributed by atoms with E-state index in [1.54, 1.807) is 18.2 Å². The Morgan fingerprint density at radius 1 is 0.946 bits per heavy atom. The molecule has 0 unspecified atom stereocenters. The predicted molar refractivity (Wildman–Crippen MR) is 149 cm³/mol. The van der Waals surface area contributed by atoms with E-state index < -0.39 is 5.63 Å². The summed E-state index contributed by atoms with van der Waals surface area (Å²) in [4.78, 5) is 15.8. The third-order valence-corrected chi connectivity index (χ3v) is 7.43. The summed E-state index contributed by atoms with van der Waals surface area (Å²) in [5.41, 5.74) is 3.83. The van der Waals surface area contributed by atoms with E-state index >= 15 is 0 Å². The van der Waals surface area contributed by atoms with Crippen molar-refractivity contribution in [2.45, 2.75) is 39.0 Å². The number of phenolic OH excluding ortho intramolecular Hbond substituents is 1. The fourth-order valence-electron chi connectivity index (χ4n) is 5.19. The van der Waals surface area contributed by atoms with Gasteiger partial charge < -0.3 is 14.3 Å². The second-order valence-corrected chi connectivity index (χ2v) is 10.1. The molecule has 0 saturated carbocycles. The summed E-state index contributed by atoms with van der Waals surface area (Å²) in [6.07, 6.45) is 4.96. The van der Waals surface area contributed by atoms with E-state index in [-0.39, 0.29) is 5.75 Å². The molecule has 6 heteroatoms. The third-order valence-electron chi connectivity index (χ3n) is 7.18. The van der Waals surface area contributed by atoms with Crippen LogP contribution >= 0.6 is 11.6 Å². The molecular weight excluding hydrogens is 486 g/mol. The number of hydrogen-bond donors (Lipinski definition) is 1. The SMILES string of the molecule is CCc1c(O)ccc2c(Cc3ccc(OCCN4CCCCC4)cc3)c(-c3ccc(Cl)cc3)c(=O)oc12. The van der Waals surface area contributed by atoms with E-state index in [1.807, 2.05) is 49.4 Å². The molecule has 0 bridgehead atoms. The summed E-state index contributed by atoms with van der Waals surface area (Å²) >= 11 is 6.11. The highest BCUT2D eigenvalue weighted by Crippen LogP contribution is 2.35. The number of aryl methyl sites for hydroxylation is 1. The lowest BCUT2D eigenvalue weighted by Gasteiger charge is -2.26. The van der Waals surface area contributed by atoms with Gasteiger partial charge in [0, 0.05) is 22.5 Å². The predicted octanol–water partition coefficient (Wildman–Crippen LogP) is 6.84. The van der Waals surface area contributed by atoms with Crippen LogP contribution in [0.4, 0.5) is 0 Å². The minimum atomic E-state index is -0.428. The van der Waals surface area contributed by atoms with Crippen molar-refractivity contribution in [2.75, 3.05) is 26.2 Å². The summed E-state index contributed by atoms with van der Waals surface area (Å²) in [7, 11) is 0. The first-order valence-corrected chi connectivity index (χ1v) is 13.4. The molecule has 0 radical (unpaired) electrons. The highest BCUT2D eigenvalue weighted by molar-refractivity contribution is 6.30. The van der Waals surface area contributed by atoms with Crippen molar-refractivity contribution in [1.29, 1.82) is 0 Å². The van der Waals surface area contributed by atoms with Gasteiger partial charge in [0.05, 0.1) is 5.56 Å². The number of benzene rings is 3. The zero-order chi connectivity index (χ0) is 25.8. The number of halogens is 1. The molecule has 0 aliphatic carbocycles. The number of likely N-dealkylation sites (tertiary alicyclic amines) is 1. The second-order valence-electron chi connectivity index (χ2n) is 9.61. The quantitative estimate of drug-likeness (QED) is 0.259. The molecule has 37 heavy (non-hydrogen) atoms. The molecule has 0 amide bonds. The molecule has 1 saturated heterocycles. The summed E-state index contributed by atoms with van der Waals surface area (Å²) in [5.74, 6) is 0.976. The molecule has 5 nitrogen and oxygen atoms in total. The van der Waals surface area contributed by atoms with Gasteiger partial charge in [-0.25, -0.2) is 4.79 Å². The van der Waals surface area contributed by atoms with Crippen LogP contribution in [0.3, 0.4) is 0 Å². The molecule has 1 aliphatic rings. The number of rotatable bonds is 8. The zero-order valence-electron chi connectivity index (χ0n) is 21.1. The molecule has 1 aromatic heterocycles. The molecule has 4 aromatic rings. The van der Waals surface area contributed by atoms with Crippen LogP contribution in [0.15, 0.2) is 69.9 Å². The summed E-state index contributed by atoms with van der Waals surface area (Å²) < 4.78 is 11.8. The first-order valence-electron chi connectivity index (χ1n) is 13.0. The Labute approximate surface area is 222 Å². The fraction of sp³-hybridized carbons (Fsp3) is 0.323. The van der Waals surface area contributed by atoms with Crippen LogP contribution in [0.2, 0.25) is 5.02 Å². The highest BCUT2D eigenvalue weighted by atomic mass is 35.5. The van der Waals surface area contributed by atoms with Crippen molar-refractivity contribution in [3.63, 3.8) is 0 Å². The van der Waals surface area contributed by atoms with Crippen LogP contribution in [0.5, 0.6) is 11.5 Å². The Kier molecular flexibility index (Phi) is 7.82. The van der Waals surface area contributed by atoms with Crippen molar-refractivity contribution in [1.82, 2.24) is 4.90 Å². The molecule has 192 valence electrons. The van der Waals surface area contributed by atoms with Crippen molar-refractivity contribution < 1.29 is 14.3 Å². The van der Waals surface area contributed by atoms with E-state index in [4.69, 9.17) is 20.8 Å². The lowest BCUT2D eigenvalue weighted by Crippen LogP contribution is -2.33. The van der Waals surface area contributed by atoms with Crippen LogP contribution in [-0.2, 0) is 12.8 Å². The smallest absolute Gasteiger partial charge is 0.344 e. The maximum atomic E-state index is 13.3. The number of piperidine rings is 1. The first kappa shape index (κ1) is 25.4. The molecular formula is C31H32ClNO4. The van der Waals surface area contributed by atoms with Gasteiger partial charge in [0.15, 0.2) is 0 Å². The molecule has 2 heterocycles. The van der Waals surface area contributed by atoms with Gasteiger partial charge in [0.2, 0.25) is 0 Å². The van der Waals surface area contributed by atoms with Gasteiger partial charge in [0.25, 0.3) is 0 Å². The first-order chi connectivity index (χ1) is 18.0. The van der Waals surface area contributed by atoms with E-state index in [9.17, 15) is 9.90 Å². The molecule has 0 atom stereocenters. The lowest BCUT2D eigenvalue weighted by molar-refractivity contribution is 0.183. The van der Waals surface area contributed by atoms with Gasteiger partial charge in [-0.15, -0.1) is 0 Å². The van der Waals surface area contributed by atoms with Gasteiger partial charge in [0.1, 0.15) is 23.7 Å². The van der Waals surface area contributed by atoms with Crippen molar-refractivity contribution >= 4 is 22.6 Å². The maximum Gasteiger partial charge on any atom is 0.344 e. The van der Waals surface area contributed by atoms with Gasteiger partial charge in [-0.05, 0) is 91.9 Å². The Bertz CT molecular complexity index is 1420. The zero-order valence-corrected chi connectivity index (χ0v) is 21.9. The lowest BCUT2D eigenvalue weighted by atomic mass is 9.92. The Hall–Kier alpha value is -3.28. The van der Waals surface area contributed by atoms with E-state index in [1.165, 1.54) is 19.3 Å². The van der Waals surface area contributed by atoms with Gasteiger partial charge in [-0.1, -0.05) is 49.2 Å². The van der Waals surface area contributed by atoms with Crippen LogP contribution in [0.25, 0.3) is 22.1 Å². The Morgan fingerprint density at radius 3 is 2.38 bits per heavy atom. The standard InChI is InChI=1S/C31H32ClNO4/c1-2-25-28(34)15-14-26-27(29(31(35)37-30(25)26)22-8-10-23(32)11-9-22)20-21-6-12-24(13-7-21)36-19-18-33-16-4-3-5-17-33/h6-15,34H,2-5,16-20H2,1H3. The maximum absolute atomic E-state index is 13.3. The average molecular weight is 518 g/mol. The number of nitrogens with zero attached hydrogens (tertiary/aromatic N) is 1.